The summed E-state index contributed by atoms with van der Waals surface area (Å²) < 4.78 is 74.8. The van der Waals surface area contributed by atoms with Gasteiger partial charge in [-0.15, -0.1) is 0 Å². The number of halogens is 3. The van der Waals surface area contributed by atoms with Gasteiger partial charge in [-0.1, -0.05) is 29.8 Å². The lowest BCUT2D eigenvalue weighted by Crippen LogP contribution is -2.59. The number of alkyl halides is 2. The fourth-order valence-corrected chi connectivity index (χ4v) is 9.20. The first-order valence-electron chi connectivity index (χ1n) is 17.1. The van der Waals surface area contributed by atoms with Gasteiger partial charge in [0.1, 0.15) is 18.0 Å². The first kappa shape index (κ1) is 35.2. The number of fused-ring (bicyclic) bond motifs is 4. The summed E-state index contributed by atoms with van der Waals surface area (Å²) in [5.41, 5.74) is 1.04. The highest BCUT2D eigenvalue weighted by atomic mass is 35.5. The van der Waals surface area contributed by atoms with Crippen molar-refractivity contribution in [3.63, 3.8) is 0 Å². The van der Waals surface area contributed by atoms with Gasteiger partial charge in [0.2, 0.25) is 5.91 Å². The molecule has 2 fully saturated rings. The number of ether oxygens (including phenoxy) is 3. The first-order valence-corrected chi connectivity index (χ1v) is 19.0. The Morgan fingerprint density at radius 1 is 1.12 bits per heavy atom. The molecule has 14 heteroatoms. The van der Waals surface area contributed by atoms with Crippen molar-refractivity contribution < 1.29 is 41.0 Å². The molecular formula is C36H42ClF2N3O7S. The van der Waals surface area contributed by atoms with E-state index in [1.807, 2.05) is 12.1 Å². The van der Waals surface area contributed by atoms with E-state index in [0.29, 0.717) is 36.2 Å². The summed E-state index contributed by atoms with van der Waals surface area (Å²) in [7, 11) is -4.27. The molecule has 10 nitrogen and oxygen atoms in total. The zero-order valence-corrected chi connectivity index (χ0v) is 29.7. The summed E-state index contributed by atoms with van der Waals surface area (Å²) in [6, 6.07) is 10.7. The van der Waals surface area contributed by atoms with Gasteiger partial charge in [-0.25, -0.2) is 21.9 Å². The molecular weight excluding hydrogens is 692 g/mol. The Morgan fingerprint density at radius 2 is 1.92 bits per heavy atom. The van der Waals surface area contributed by atoms with E-state index in [0.717, 1.165) is 37.0 Å². The number of amides is 2. The molecule has 50 heavy (non-hydrogen) atoms. The van der Waals surface area contributed by atoms with E-state index in [1.54, 1.807) is 24.3 Å². The number of carbonyl (C=O) groups is 2. The van der Waals surface area contributed by atoms with Gasteiger partial charge in [0.25, 0.3) is 21.9 Å². The fraction of sp³-hybridized carbons (Fsp3) is 0.556. The molecule has 1 spiro atoms. The van der Waals surface area contributed by atoms with Crippen LogP contribution >= 0.6 is 11.6 Å². The number of benzene rings is 2. The molecule has 0 aromatic heterocycles. The molecule has 3 aliphatic heterocycles. The number of aryl methyl sites for hydroxylation is 1. The summed E-state index contributed by atoms with van der Waals surface area (Å²) >= 11 is 6.41. The molecule has 1 N–H and O–H groups in total. The van der Waals surface area contributed by atoms with Crippen LogP contribution in [0.4, 0.5) is 14.5 Å². The molecule has 5 aliphatic rings. The molecule has 1 saturated carbocycles. The Labute approximate surface area is 296 Å². The maximum Gasteiger partial charge on any atom is 0.282 e. The Balaban J connectivity index is 1.24. The van der Waals surface area contributed by atoms with Gasteiger partial charge in [-0.05, 0) is 99.2 Å². The maximum atomic E-state index is 13.6. The molecule has 7 rings (SSSR count). The number of carbonyl (C=O) groups excluding carboxylic acids is 2. The number of sulfonamides is 1. The minimum Gasteiger partial charge on any atom is -0.490 e. The highest BCUT2D eigenvalue weighted by molar-refractivity contribution is 7.90. The number of nitrogens with zero attached hydrogens (tertiary/aromatic N) is 2. The molecule has 1 saturated heterocycles. The van der Waals surface area contributed by atoms with Gasteiger partial charge >= 0.3 is 0 Å². The van der Waals surface area contributed by atoms with Crippen molar-refractivity contribution in [3.05, 3.63) is 64.7 Å². The second kappa shape index (κ2) is 13.1. The van der Waals surface area contributed by atoms with Crippen molar-refractivity contribution in [1.29, 1.82) is 0 Å². The topological polar surface area (TPSA) is 114 Å². The van der Waals surface area contributed by atoms with Crippen LogP contribution in [0.1, 0.15) is 50.7 Å². The standard InChI is InChI=1S/C36H42ClF2N3O7S/c1-34(2)33(44)40-50(45,46)26-9-12-31-29(16-26)41(19-35(22-48-31)13-3-5-23-15-25(37)8-11-28(23)35)17-24-7-10-27(24)30(6-4-14-49-34)47-18-32(43)42-20-36(38,39)21-42/h4,6,8-9,11-12,15-16,24,27,30H,3,5,7,10,13-14,17-22H2,1-2H3,(H,40,44)/b6-4-/t24-,27+,30-,35-/m0/s1. The van der Waals surface area contributed by atoms with Crippen LogP contribution in [-0.4, -0.2) is 88.8 Å². The fourth-order valence-electron chi connectivity index (χ4n) is 7.88. The summed E-state index contributed by atoms with van der Waals surface area (Å²) in [4.78, 5) is 29.2. The molecule has 0 radical (unpaired) electrons. The minimum absolute atomic E-state index is 0.0194. The van der Waals surface area contributed by atoms with Gasteiger partial charge in [0, 0.05) is 23.5 Å². The van der Waals surface area contributed by atoms with Crippen LogP contribution in [0.2, 0.25) is 5.02 Å². The van der Waals surface area contributed by atoms with Crippen molar-refractivity contribution in [3.8, 4) is 5.75 Å². The second-order valence-corrected chi connectivity index (χ2v) is 16.9. The zero-order chi connectivity index (χ0) is 35.5. The zero-order valence-electron chi connectivity index (χ0n) is 28.1. The van der Waals surface area contributed by atoms with Crippen molar-refractivity contribution in [2.24, 2.45) is 11.8 Å². The normalized spacial score (nSPS) is 30.3. The average molecular weight is 734 g/mol. The predicted molar refractivity (Wildman–Crippen MR) is 182 cm³/mol. The van der Waals surface area contributed by atoms with E-state index >= 15 is 0 Å². The van der Waals surface area contributed by atoms with Gasteiger partial charge in [-0.3, -0.25) is 9.59 Å². The molecule has 2 amide bonds. The number of likely N-dealkylation sites (tertiary alicyclic amines) is 1. The molecule has 2 aliphatic carbocycles. The van der Waals surface area contributed by atoms with Crippen LogP contribution in [0, 0.1) is 11.8 Å². The van der Waals surface area contributed by atoms with E-state index in [-0.39, 0.29) is 29.9 Å². The average Bonchev–Trinajstić information content (AvgIpc) is 3.18. The number of nitrogens with one attached hydrogen (secondary N) is 1. The molecule has 3 heterocycles. The van der Waals surface area contributed by atoms with Crippen molar-refractivity contribution in [1.82, 2.24) is 9.62 Å². The monoisotopic (exact) mass is 733 g/mol. The SMILES string of the molecule is CC1(C)OC/C=C\[C@H](OCC(=O)N2CC(F)(F)C2)[C@@H]2CC[C@H]2CN2C[C@@]3(CCCc4cc(Cl)ccc43)COc3ccc(cc32)S(=O)(=O)NC1=O. The lowest BCUT2D eigenvalue weighted by Gasteiger charge is -2.46. The van der Waals surface area contributed by atoms with Gasteiger partial charge < -0.3 is 24.0 Å². The van der Waals surface area contributed by atoms with Gasteiger partial charge in [-0.2, -0.15) is 0 Å². The molecule has 4 atom stereocenters. The van der Waals surface area contributed by atoms with E-state index in [2.05, 4.69) is 15.7 Å². The summed E-state index contributed by atoms with van der Waals surface area (Å²) in [5.74, 6) is -3.59. The van der Waals surface area contributed by atoms with Crippen molar-refractivity contribution in [2.45, 2.75) is 73.9 Å². The smallest absolute Gasteiger partial charge is 0.282 e. The van der Waals surface area contributed by atoms with Gasteiger partial charge in [0.15, 0.2) is 0 Å². The number of hydrogen-bond donors (Lipinski definition) is 1. The molecule has 270 valence electrons. The van der Waals surface area contributed by atoms with Crippen LogP contribution in [-0.2, 0) is 40.9 Å². The second-order valence-electron chi connectivity index (χ2n) is 14.8. The number of rotatable bonds is 3. The van der Waals surface area contributed by atoms with Gasteiger partial charge in [0.05, 0.1) is 43.0 Å². The van der Waals surface area contributed by atoms with Crippen molar-refractivity contribution in [2.75, 3.05) is 50.9 Å². The van der Waals surface area contributed by atoms with Crippen LogP contribution in [0.25, 0.3) is 0 Å². The van der Waals surface area contributed by atoms with Crippen LogP contribution < -0.4 is 14.4 Å². The maximum absolute atomic E-state index is 13.6. The summed E-state index contributed by atoms with van der Waals surface area (Å²) in [6.07, 6.45) is 7.35. The lowest BCUT2D eigenvalue weighted by atomic mass is 9.68. The van der Waals surface area contributed by atoms with Crippen LogP contribution in [0.5, 0.6) is 5.75 Å². The Bertz CT molecular complexity index is 1810. The third-order valence-corrected chi connectivity index (χ3v) is 12.5. The van der Waals surface area contributed by atoms with E-state index < -0.39 is 58.0 Å². The van der Waals surface area contributed by atoms with Crippen LogP contribution in [0.3, 0.4) is 0 Å². The Morgan fingerprint density at radius 3 is 2.66 bits per heavy atom. The summed E-state index contributed by atoms with van der Waals surface area (Å²) in [5, 5.41) is 0.673. The lowest BCUT2D eigenvalue weighted by molar-refractivity contribution is -0.171. The third-order valence-electron chi connectivity index (χ3n) is 10.9. The minimum atomic E-state index is -4.27. The van der Waals surface area contributed by atoms with E-state index in [1.165, 1.54) is 31.0 Å². The van der Waals surface area contributed by atoms with E-state index in [9.17, 15) is 26.8 Å². The third kappa shape index (κ3) is 6.86. The van der Waals surface area contributed by atoms with Crippen molar-refractivity contribution >= 4 is 39.1 Å². The molecule has 0 unspecified atom stereocenters. The largest absolute Gasteiger partial charge is 0.490 e. The number of anilines is 1. The molecule has 2 aromatic carbocycles. The highest BCUT2D eigenvalue weighted by Crippen LogP contribution is 2.47. The first-order chi connectivity index (χ1) is 23.6. The number of hydrogen-bond acceptors (Lipinski definition) is 8. The molecule has 2 aromatic rings. The Hall–Kier alpha value is -3.26. The summed E-state index contributed by atoms with van der Waals surface area (Å²) in [6.45, 7) is 2.85. The highest BCUT2D eigenvalue weighted by Gasteiger charge is 2.47. The molecule has 2 bridgehead atoms. The van der Waals surface area contributed by atoms with Crippen LogP contribution in [0.15, 0.2) is 53.4 Å². The quantitative estimate of drug-likeness (QED) is 0.445. The predicted octanol–water partition coefficient (Wildman–Crippen LogP) is 4.87. The van der Waals surface area contributed by atoms with E-state index in [4.69, 9.17) is 25.8 Å². The Kier molecular flexibility index (Phi) is 9.18.